The molecule has 2 atom stereocenters. The van der Waals surface area contributed by atoms with Gasteiger partial charge in [-0.15, -0.1) is 11.8 Å². The van der Waals surface area contributed by atoms with Crippen molar-refractivity contribution in [3.05, 3.63) is 24.2 Å². The van der Waals surface area contributed by atoms with Crippen molar-refractivity contribution in [2.75, 3.05) is 5.75 Å². The molecule has 1 aromatic rings. The minimum atomic E-state index is 0.380. The Bertz CT molecular complexity index is 235. The minimum absolute atomic E-state index is 0.380. The van der Waals surface area contributed by atoms with Gasteiger partial charge in [0.2, 0.25) is 0 Å². The molecule has 1 N–H and O–H groups in total. The Morgan fingerprint density at radius 3 is 3.25 bits per heavy atom. The summed E-state index contributed by atoms with van der Waals surface area (Å²) in [6.07, 6.45) is 2.93. The van der Waals surface area contributed by atoms with Gasteiger partial charge in [0.05, 0.1) is 6.26 Å². The first-order chi connectivity index (χ1) is 5.90. The highest BCUT2D eigenvalue weighted by Gasteiger charge is 2.25. The van der Waals surface area contributed by atoms with Gasteiger partial charge in [-0.2, -0.15) is 0 Å². The first-order valence-electron chi connectivity index (χ1n) is 4.31. The molecule has 0 spiro atoms. The topological polar surface area (TPSA) is 25.2 Å². The molecule has 1 saturated heterocycles. The molecule has 2 unspecified atom stereocenters. The molecule has 0 amide bonds. The quantitative estimate of drug-likeness (QED) is 0.762. The molecular weight excluding hydrogens is 170 g/mol. The van der Waals surface area contributed by atoms with E-state index >= 15 is 0 Å². The third-order valence-corrected chi connectivity index (χ3v) is 3.44. The third kappa shape index (κ3) is 1.52. The van der Waals surface area contributed by atoms with Crippen molar-refractivity contribution in [1.29, 1.82) is 0 Å². The van der Waals surface area contributed by atoms with E-state index in [0.717, 1.165) is 5.76 Å². The van der Waals surface area contributed by atoms with Gasteiger partial charge in [-0.1, -0.05) is 6.92 Å². The lowest BCUT2D eigenvalue weighted by Crippen LogP contribution is -2.24. The summed E-state index contributed by atoms with van der Waals surface area (Å²) in [4.78, 5) is 0. The van der Waals surface area contributed by atoms with Crippen LogP contribution in [0.5, 0.6) is 0 Å². The summed E-state index contributed by atoms with van der Waals surface area (Å²) in [5.74, 6) is 2.25. The lowest BCUT2D eigenvalue weighted by molar-refractivity contribution is 0.460. The summed E-state index contributed by atoms with van der Waals surface area (Å²) in [6, 6.07) is 4.63. The van der Waals surface area contributed by atoms with Crippen molar-refractivity contribution in [3.63, 3.8) is 0 Å². The standard InChI is InChI=1S/C9H13NOS/c1-2-7-6-12-9(10-7)8-4-3-5-11-8/h3-5,7,9-10H,2,6H2,1H3. The molecule has 0 aromatic carbocycles. The van der Waals surface area contributed by atoms with Gasteiger partial charge in [0.25, 0.3) is 0 Å². The maximum Gasteiger partial charge on any atom is 0.130 e. The van der Waals surface area contributed by atoms with Crippen LogP contribution in [0.15, 0.2) is 22.8 Å². The summed E-state index contributed by atoms with van der Waals surface area (Å²) in [5.41, 5.74) is 0. The van der Waals surface area contributed by atoms with Crippen molar-refractivity contribution in [3.8, 4) is 0 Å². The molecule has 0 saturated carbocycles. The van der Waals surface area contributed by atoms with Gasteiger partial charge in [0.15, 0.2) is 0 Å². The Kier molecular flexibility index (Phi) is 2.42. The van der Waals surface area contributed by atoms with Crippen LogP contribution in [0.3, 0.4) is 0 Å². The lowest BCUT2D eigenvalue weighted by Gasteiger charge is -2.08. The average Bonchev–Trinajstić information content (AvgIpc) is 2.75. The highest BCUT2D eigenvalue weighted by molar-refractivity contribution is 7.99. The van der Waals surface area contributed by atoms with E-state index in [1.165, 1.54) is 12.2 Å². The van der Waals surface area contributed by atoms with Gasteiger partial charge in [0, 0.05) is 11.8 Å². The molecule has 1 aromatic heterocycles. The van der Waals surface area contributed by atoms with Crippen molar-refractivity contribution in [2.24, 2.45) is 0 Å². The number of thioether (sulfide) groups is 1. The van der Waals surface area contributed by atoms with E-state index in [4.69, 9.17) is 4.42 Å². The molecule has 1 fully saturated rings. The van der Waals surface area contributed by atoms with Crippen molar-refractivity contribution in [1.82, 2.24) is 5.32 Å². The van der Waals surface area contributed by atoms with E-state index in [1.54, 1.807) is 6.26 Å². The smallest absolute Gasteiger partial charge is 0.130 e. The second-order valence-corrected chi connectivity index (χ2v) is 4.14. The Balaban J connectivity index is 2.00. The zero-order valence-electron chi connectivity index (χ0n) is 7.12. The zero-order chi connectivity index (χ0) is 8.39. The van der Waals surface area contributed by atoms with Crippen molar-refractivity contribution < 1.29 is 4.42 Å². The zero-order valence-corrected chi connectivity index (χ0v) is 7.93. The van der Waals surface area contributed by atoms with Crippen LogP contribution >= 0.6 is 11.8 Å². The fourth-order valence-corrected chi connectivity index (χ4v) is 2.71. The first kappa shape index (κ1) is 8.20. The Morgan fingerprint density at radius 2 is 2.67 bits per heavy atom. The maximum atomic E-state index is 5.33. The molecule has 2 nitrogen and oxygen atoms in total. The fraction of sp³-hybridized carbons (Fsp3) is 0.556. The SMILES string of the molecule is CCC1CSC(c2ccco2)N1. The van der Waals surface area contributed by atoms with E-state index in [1.807, 2.05) is 23.9 Å². The van der Waals surface area contributed by atoms with Crippen LogP contribution in [0.25, 0.3) is 0 Å². The summed E-state index contributed by atoms with van der Waals surface area (Å²) in [5, 5.41) is 3.89. The Morgan fingerprint density at radius 1 is 1.75 bits per heavy atom. The largest absolute Gasteiger partial charge is 0.467 e. The molecule has 0 bridgehead atoms. The molecule has 66 valence electrons. The van der Waals surface area contributed by atoms with Gasteiger partial charge >= 0.3 is 0 Å². The van der Waals surface area contributed by atoms with Gasteiger partial charge < -0.3 is 4.42 Å². The van der Waals surface area contributed by atoms with Gasteiger partial charge in [-0.3, -0.25) is 5.32 Å². The fourth-order valence-electron chi connectivity index (χ4n) is 1.36. The van der Waals surface area contributed by atoms with E-state index in [2.05, 4.69) is 12.2 Å². The number of hydrogen-bond donors (Lipinski definition) is 1. The summed E-state index contributed by atoms with van der Waals surface area (Å²) in [7, 11) is 0. The molecular formula is C9H13NOS. The van der Waals surface area contributed by atoms with E-state index < -0.39 is 0 Å². The van der Waals surface area contributed by atoms with Gasteiger partial charge in [0.1, 0.15) is 11.1 Å². The molecule has 2 heterocycles. The predicted molar refractivity (Wildman–Crippen MR) is 51.1 cm³/mol. The second-order valence-electron chi connectivity index (χ2n) is 3.00. The van der Waals surface area contributed by atoms with Gasteiger partial charge in [-0.25, -0.2) is 0 Å². The average molecular weight is 183 g/mol. The van der Waals surface area contributed by atoms with Crippen LogP contribution in [-0.2, 0) is 0 Å². The number of nitrogens with one attached hydrogen (secondary N) is 1. The minimum Gasteiger partial charge on any atom is -0.467 e. The van der Waals surface area contributed by atoms with Crippen molar-refractivity contribution >= 4 is 11.8 Å². The normalized spacial score (nSPS) is 29.4. The molecule has 1 aliphatic rings. The van der Waals surface area contributed by atoms with Crippen LogP contribution in [0, 0.1) is 0 Å². The van der Waals surface area contributed by atoms with Crippen LogP contribution < -0.4 is 5.32 Å². The predicted octanol–water partition coefficient (Wildman–Crippen LogP) is 2.39. The molecule has 0 aliphatic carbocycles. The van der Waals surface area contributed by atoms with Crippen LogP contribution in [0.4, 0.5) is 0 Å². The highest BCUT2D eigenvalue weighted by atomic mass is 32.2. The number of hydrogen-bond acceptors (Lipinski definition) is 3. The third-order valence-electron chi connectivity index (χ3n) is 2.15. The van der Waals surface area contributed by atoms with Crippen LogP contribution in [-0.4, -0.2) is 11.8 Å². The summed E-state index contributed by atoms with van der Waals surface area (Å²) >= 11 is 1.93. The number of furan rings is 1. The van der Waals surface area contributed by atoms with E-state index in [9.17, 15) is 0 Å². The monoisotopic (exact) mass is 183 g/mol. The molecule has 12 heavy (non-hydrogen) atoms. The van der Waals surface area contributed by atoms with E-state index in [0.29, 0.717) is 11.4 Å². The van der Waals surface area contributed by atoms with E-state index in [-0.39, 0.29) is 0 Å². The highest BCUT2D eigenvalue weighted by Crippen LogP contribution is 2.33. The second kappa shape index (κ2) is 3.54. The maximum absolute atomic E-state index is 5.33. The van der Waals surface area contributed by atoms with Crippen LogP contribution in [0.1, 0.15) is 24.5 Å². The lowest BCUT2D eigenvalue weighted by atomic mass is 10.2. The molecule has 1 aliphatic heterocycles. The molecule has 3 heteroatoms. The summed E-state index contributed by atoms with van der Waals surface area (Å²) < 4.78 is 5.33. The van der Waals surface area contributed by atoms with Gasteiger partial charge in [-0.05, 0) is 18.6 Å². The van der Waals surface area contributed by atoms with Crippen molar-refractivity contribution in [2.45, 2.75) is 24.8 Å². The molecule has 0 radical (unpaired) electrons. The molecule has 2 rings (SSSR count). The summed E-state index contributed by atoms with van der Waals surface area (Å²) in [6.45, 7) is 2.21. The Labute approximate surface area is 76.7 Å². The first-order valence-corrected chi connectivity index (χ1v) is 5.36. The van der Waals surface area contributed by atoms with Crippen LogP contribution in [0.2, 0.25) is 0 Å². The number of rotatable bonds is 2. The Hall–Kier alpha value is -0.410.